The van der Waals surface area contributed by atoms with Crippen LogP contribution in [0.5, 0.6) is 5.75 Å². The van der Waals surface area contributed by atoms with Crippen molar-refractivity contribution in [1.29, 1.82) is 0 Å². The Kier molecular flexibility index (Phi) is 7.13. The Labute approximate surface area is 228 Å². The minimum Gasteiger partial charge on any atom is -0.495 e. The molecule has 2 fully saturated rings. The summed E-state index contributed by atoms with van der Waals surface area (Å²) in [6, 6.07) is 5.55. The maximum Gasteiger partial charge on any atom is 0.418 e. The van der Waals surface area contributed by atoms with Gasteiger partial charge in [0, 0.05) is 49.3 Å². The molecule has 12 heteroatoms. The second-order valence-corrected chi connectivity index (χ2v) is 10.2. The zero-order chi connectivity index (χ0) is 27.9. The number of aromatic nitrogens is 3. The topological polar surface area (TPSA) is 90.7 Å². The first-order valence-electron chi connectivity index (χ1n) is 13.4. The molecule has 0 spiro atoms. The SMILES string of the molecule is COc1cncc(-c2nn(-c3cc(N4CCC(OC5CCCCO5)C4)ccc3C(F)(F)F)c(=O)c3c2CCN3)c1. The highest BCUT2D eigenvalue weighted by Gasteiger charge is 2.37. The summed E-state index contributed by atoms with van der Waals surface area (Å²) in [6.07, 6.45) is 2.19. The maximum atomic E-state index is 14.3. The van der Waals surface area contributed by atoms with Crippen molar-refractivity contribution in [2.45, 2.75) is 50.7 Å². The second kappa shape index (κ2) is 10.7. The first kappa shape index (κ1) is 26.6. The monoisotopic (exact) mass is 557 g/mol. The number of nitrogens with one attached hydrogen (secondary N) is 1. The van der Waals surface area contributed by atoms with E-state index >= 15 is 0 Å². The van der Waals surface area contributed by atoms with E-state index in [1.54, 1.807) is 12.3 Å². The number of halogens is 3. The van der Waals surface area contributed by atoms with Crippen molar-refractivity contribution in [3.8, 4) is 22.7 Å². The number of anilines is 2. The van der Waals surface area contributed by atoms with Crippen LogP contribution in [0, 0.1) is 0 Å². The molecule has 0 bridgehead atoms. The summed E-state index contributed by atoms with van der Waals surface area (Å²) in [5, 5.41) is 7.55. The van der Waals surface area contributed by atoms with Gasteiger partial charge in [-0.2, -0.15) is 23.0 Å². The zero-order valence-electron chi connectivity index (χ0n) is 22.0. The Bertz CT molecular complexity index is 1450. The fraction of sp³-hybridized carbons (Fsp3) is 0.464. The number of methoxy groups -OCH3 is 1. The number of ether oxygens (including phenoxy) is 3. The van der Waals surface area contributed by atoms with Crippen LogP contribution < -0.4 is 20.5 Å². The molecule has 0 amide bonds. The van der Waals surface area contributed by atoms with Gasteiger partial charge in [0.05, 0.1) is 36.4 Å². The number of alkyl halides is 3. The predicted octanol–water partition coefficient (Wildman–Crippen LogP) is 4.41. The van der Waals surface area contributed by atoms with E-state index in [9.17, 15) is 18.0 Å². The first-order valence-corrected chi connectivity index (χ1v) is 13.4. The lowest BCUT2D eigenvalue weighted by molar-refractivity contribution is -0.183. The van der Waals surface area contributed by atoms with Gasteiger partial charge in [-0.15, -0.1) is 0 Å². The lowest BCUT2D eigenvalue weighted by atomic mass is 10.1. The van der Waals surface area contributed by atoms with E-state index in [2.05, 4.69) is 15.4 Å². The molecule has 3 aromatic rings. The second-order valence-electron chi connectivity index (χ2n) is 10.2. The standard InChI is InChI=1S/C28H30F3N5O4/c1-38-20-12-17(14-32-15-20)25-21-7-9-33-26(21)27(37)36(34-25)23-13-18(5-6-22(23)28(29,30)31)35-10-8-19(16-35)40-24-4-2-3-11-39-24/h5-6,12-15,19,24,33H,2-4,7-11,16H2,1H3. The largest absolute Gasteiger partial charge is 0.495 e. The summed E-state index contributed by atoms with van der Waals surface area (Å²) in [4.78, 5) is 19.7. The number of hydrogen-bond acceptors (Lipinski definition) is 8. The maximum absolute atomic E-state index is 14.3. The van der Waals surface area contributed by atoms with Crippen LogP contribution in [0.15, 0.2) is 41.5 Å². The van der Waals surface area contributed by atoms with Crippen LogP contribution in [0.25, 0.3) is 16.9 Å². The van der Waals surface area contributed by atoms with Gasteiger partial charge in [-0.05, 0) is 56.4 Å². The van der Waals surface area contributed by atoms with Gasteiger partial charge in [-0.1, -0.05) is 0 Å². The molecular weight excluding hydrogens is 527 g/mol. The summed E-state index contributed by atoms with van der Waals surface area (Å²) in [6.45, 7) is 2.28. The Morgan fingerprint density at radius 1 is 1.15 bits per heavy atom. The van der Waals surface area contributed by atoms with E-state index in [4.69, 9.17) is 14.2 Å². The molecular formula is C28H30F3N5O4. The Balaban J connectivity index is 1.40. The van der Waals surface area contributed by atoms with Crippen LogP contribution in [-0.4, -0.2) is 60.5 Å². The zero-order valence-corrected chi connectivity index (χ0v) is 22.0. The third-order valence-corrected chi connectivity index (χ3v) is 7.60. The van der Waals surface area contributed by atoms with E-state index in [1.807, 2.05) is 4.90 Å². The predicted molar refractivity (Wildman–Crippen MR) is 142 cm³/mol. The Hall–Kier alpha value is -3.64. The van der Waals surface area contributed by atoms with Crippen molar-refractivity contribution in [2.24, 2.45) is 0 Å². The highest BCUT2D eigenvalue weighted by molar-refractivity contribution is 5.72. The van der Waals surface area contributed by atoms with Gasteiger partial charge in [0.15, 0.2) is 6.29 Å². The molecule has 212 valence electrons. The van der Waals surface area contributed by atoms with E-state index < -0.39 is 17.3 Å². The van der Waals surface area contributed by atoms with Crippen molar-refractivity contribution in [3.63, 3.8) is 0 Å². The number of rotatable bonds is 6. The number of fused-ring (bicyclic) bond motifs is 1. The molecule has 2 aromatic heterocycles. The third-order valence-electron chi connectivity index (χ3n) is 7.60. The van der Waals surface area contributed by atoms with Crippen LogP contribution in [0.1, 0.15) is 36.8 Å². The number of pyridine rings is 1. The quantitative estimate of drug-likeness (QED) is 0.477. The summed E-state index contributed by atoms with van der Waals surface area (Å²) in [7, 11) is 1.50. The Morgan fingerprint density at radius 2 is 2.02 bits per heavy atom. The average Bonchev–Trinajstić information content (AvgIpc) is 3.64. The summed E-state index contributed by atoms with van der Waals surface area (Å²) >= 11 is 0. The molecule has 2 unspecified atom stereocenters. The molecule has 0 radical (unpaired) electrons. The lowest BCUT2D eigenvalue weighted by Gasteiger charge is -2.26. The van der Waals surface area contributed by atoms with Gasteiger partial charge in [0.2, 0.25) is 0 Å². The van der Waals surface area contributed by atoms with Crippen LogP contribution in [0.2, 0.25) is 0 Å². The molecule has 1 aromatic carbocycles. The van der Waals surface area contributed by atoms with E-state index in [-0.39, 0.29) is 23.8 Å². The van der Waals surface area contributed by atoms with Gasteiger partial charge in [0.1, 0.15) is 11.4 Å². The van der Waals surface area contributed by atoms with Gasteiger partial charge >= 0.3 is 6.18 Å². The highest BCUT2D eigenvalue weighted by atomic mass is 19.4. The molecule has 40 heavy (non-hydrogen) atoms. The van der Waals surface area contributed by atoms with Crippen molar-refractivity contribution in [1.82, 2.24) is 14.8 Å². The van der Waals surface area contributed by atoms with Crippen molar-refractivity contribution >= 4 is 11.4 Å². The molecule has 3 aliphatic heterocycles. The smallest absolute Gasteiger partial charge is 0.418 e. The number of nitrogens with zero attached hydrogens (tertiary/aromatic N) is 4. The minimum absolute atomic E-state index is 0.0916. The van der Waals surface area contributed by atoms with Crippen LogP contribution in [0.3, 0.4) is 0 Å². The normalized spacial score (nSPS) is 20.9. The molecule has 3 aliphatic rings. The number of benzene rings is 1. The molecule has 0 aliphatic carbocycles. The molecule has 0 saturated carbocycles. The van der Waals surface area contributed by atoms with E-state index in [0.29, 0.717) is 60.9 Å². The van der Waals surface area contributed by atoms with Crippen LogP contribution in [0.4, 0.5) is 24.5 Å². The van der Waals surface area contributed by atoms with Gasteiger partial charge < -0.3 is 24.4 Å². The van der Waals surface area contributed by atoms with Crippen LogP contribution in [-0.2, 0) is 22.1 Å². The first-order chi connectivity index (χ1) is 19.3. The highest BCUT2D eigenvalue weighted by Crippen LogP contribution is 2.38. The lowest BCUT2D eigenvalue weighted by Crippen LogP contribution is -2.30. The van der Waals surface area contributed by atoms with Gasteiger partial charge in [-0.3, -0.25) is 9.78 Å². The minimum atomic E-state index is -4.70. The molecule has 5 heterocycles. The van der Waals surface area contributed by atoms with Crippen LogP contribution >= 0.6 is 0 Å². The van der Waals surface area contributed by atoms with Crippen molar-refractivity contribution in [3.05, 3.63) is 58.1 Å². The summed E-state index contributed by atoms with van der Waals surface area (Å²) in [5.41, 5.74) is 0.467. The van der Waals surface area contributed by atoms with Crippen molar-refractivity contribution < 1.29 is 27.4 Å². The number of hydrogen-bond donors (Lipinski definition) is 1. The average molecular weight is 558 g/mol. The molecule has 2 atom stereocenters. The van der Waals surface area contributed by atoms with E-state index in [1.165, 1.54) is 25.4 Å². The van der Waals surface area contributed by atoms with Crippen molar-refractivity contribution in [2.75, 3.05) is 43.6 Å². The third kappa shape index (κ3) is 5.13. The molecule has 1 N–H and O–H groups in total. The van der Waals surface area contributed by atoms with E-state index in [0.717, 1.165) is 36.4 Å². The Morgan fingerprint density at radius 3 is 2.80 bits per heavy atom. The van der Waals surface area contributed by atoms with Gasteiger partial charge in [0.25, 0.3) is 5.56 Å². The summed E-state index contributed by atoms with van der Waals surface area (Å²) < 4.78 is 60.7. The molecule has 2 saturated heterocycles. The van der Waals surface area contributed by atoms with Gasteiger partial charge in [-0.25, -0.2) is 0 Å². The summed E-state index contributed by atoms with van der Waals surface area (Å²) in [5.74, 6) is 0.471. The molecule has 6 rings (SSSR count). The fourth-order valence-corrected chi connectivity index (χ4v) is 5.59. The molecule has 9 nitrogen and oxygen atoms in total. The fourth-order valence-electron chi connectivity index (χ4n) is 5.59.